The summed E-state index contributed by atoms with van der Waals surface area (Å²) >= 11 is 5.97. The van der Waals surface area contributed by atoms with Gasteiger partial charge in [-0.2, -0.15) is 0 Å². The fourth-order valence-electron chi connectivity index (χ4n) is 2.35. The number of benzene rings is 1. The lowest BCUT2D eigenvalue weighted by Gasteiger charge is -2.27. The molecule has 0 aliphatic heterocycles. The predicted octanol–water partition coefficient (Wildman–Crippen LogP) is 3.16. The molecule has 1 aliphatic rings. The van der Waals surface area contributed by atoms with Gasteiger partial charge in [0.15, 0.2) is 0 Å². The standard InChI is InChI=1S/C16H20ClNO3/c1-10(16(20)21)9-18(14-6-7-14)15(19)11(2)12-4-3-5-13(17)8-12/h3-5,8,10-11,14H,6-7,9H2,1-2H3,(H,20,21). The number of carboxylic acid groups (broad SMARTS) is 1. The Labute approximate surface area is 129 Å². The van der Waals surface area contributed by atoms with E-state index in [0.29, 0.717) is 5.02 Å². The van der Waals surface area contributed by atoms with Crippen LogP contribution in [0.1, 0.15) is 38.2 Å². The number of hydrogen-bond acceptors (Lipinski definition) is 2. The summed E-state index contributed by atoms with van der Waals surface area (Å²) in [6, 6.07) is 7.45. The largest absolute Gasteiger partial charge is 0.481 e. The minimum Gasteiger partial charge on any atom is -0.481 e. The van der Waals surface area contributed by atoms with Gasteiger partial charge in [-0.05, 0) is 37.5 Å². The molecule has 21 heavy (non-hydrogen) atoms. The highest BCUT2D eigenvalue weighted by molar-refractivity contribution is 6.30. The first-order valence-corrected chi connectivity index (χ1v) is 7.56. The Morgan fingerprint density at radius 3 is 2.57 bits per heavy atom. The van der Waals surface area contributed by atoms with Crippen molar-refractivity contribution in [3.05, 3.63) is 34.9 Å². The number of hydrogen-bond donors (Lipinski definition) is 1. The number of halogens is 1. The predicted molar refractivity (Wildman–Crippen MR) is 81.4 cm³/mol. The van der Waals surface area contributed by atoms with Gasteiger partial charge in [0.2, 0.25) is 5.91 Å². The Kier molecular flexibility index (Phi) is 4.88. The zero-order valence-corrected chi connectivity index (χ0v) is 13.0. The van der Waals surface area contributed by atoms with Crippen LogP contribution in [0.3, 0.4) is 0 Å². The molecular formula is C16H20ClNO3. The minimum atomic E-state index is -0.871. The maximum Gasteiger partial charge on any atom is 0.308 e. The molecule has 1 aromatic rings. The maximum absolute atomic E-state index is 12.7. The molecule has 114 valence electrons. The van der Waals surface area contributed by atoms with Crippen LogP contribution in [0.15, 0.2) is 24.3 Å². The van der Waals surface area contributed by atoms with E-state index in [1.807, 2.05) is 19.1 Å². The number of nitrogens with zero attached hydrogens (tertiary/aromatic N) is 1. The highest BCUT2D eigenvalue weighted by atomic mass is 35.5. The van der Waals surface area contributed by atoms with E-state index in [1.54, 1.807) is 24.0 Å². The highest BCUT2D eigenvalue weighted by Gasteiger charge is 2.36. The fraction of sp³-hybridized carbons (Fsp3) is 0.500. The van der Waals surface area contributed by atoms with Crippen molar-refractivity contribution < 1.29 is 14.7 Å². The fourth-order valence-corrected chi connectivity index (χ4v) is 2.54. The van der Waals surface area contributed by atoms with E-state index in [-0.39, 0.29) is 24.4 Å². The van der Waals surface area contributed by atoms with Crippen LogP contribution in [-0.2, 0) is 9.59 Å². The number of carboxylic acids is 1. The molecule has 1 N–H and O–H groups in total. The van der Waals surface area contributed by atoms with E-state index >= 15 is 0 Å². The molecule has 0 bridgehead atoms. The van der Waals surface area contributed by atoms with Crippen molar-refractivity contribution in [2.75, 3.05) is 6.54 Å². The lowest BCUT2D eigenvalue weighted by molar-refractivity contribution is -0.143. The van der Waals surface area contributed by atoms with Gasteiger partial charge in [0.25, 0.3) is 0 Å². The second-order valence-corrected chi connectivity index (χ2v) is 6.17. The van der Waals surface area contributed by atoms with Gasteiger partial charge in [-0.25, -0.2) is 0 Å². The van der Waals surface area contributed by atoms with Crippen LogP contribution in [0.5, 0.6) is 0 Å². The number of amides is 1. The topological polar surface area (TPSA) is 57.6 Å². The second-order valence-electron chi connectivity index (χ2n) is 5.74. The van der Waals surface area contributed by atoms with E-state index in [0.717, 1.165) is 18.4 Å². The third-order valence-corrected chi connectivity index (χ3v) is 4.12. The van der Waals surface area contributed by atoms with E-state index in [4.69, 9.17) is 16.7 Å². The molecule has 1 saturated carbocycles. The van der Waals surface area contributed by atoms with Gasteiger partial charge in [0.1, 0.15) is 0 Å². The van der Waals surface area contributed by atoms with Gasteiger partial charge >= 0.3 is 5.97 Å². The summed E-state index contributed by atoms with van der Waals surface area (Å²) < 4.78 is 0. The third kappa shape index (κ3) is 3.97. The normalized spacial score (nSPS) is 17.1. The van der Waals surface area contributed by atoms with Crippen LogP contribution >= 0.6 is 11.6 Å². The summed E-state index contributed by atoms with van der Waals surface area (Å²) in [4.78, 5) is 25.4. The molecule has 1 fully saturated rings. The Morgan fingerprint density at radius 1 is 1.38 bits per heavy atom. The van der Waals surface area contributed by atoms with Crippen LogP contribution in [0.4, 0.5) is 0 Å². The van der Waals surface area contributed by atoms with Crippen molar-refractivity contribution in [2.45, 2.75) is 38.6 Å². The molecule has 0 saturated heterocycles. The summed E-state index contributed by atoms with van der Waals surface area (Å²) in [6.07, 6.45) is 1.92. The van der Waals surface area contributed by atoms with E-state index in [2.05, 4.69) is 0 Å². The van der Waals surface area contributed by atoms with Gasteiger partial charge in [0, 0.05) is 17.6 Å². The molecule has 2 rings (SSSR count). The first kappa shape index (κ1) is 15.8. The molecule has 4 nitrogen and oxygen atoms in total. The van der Waals surface area contributed by atoms with E-state index in [1.165, 1.54) is 0 Å². The summed E-state index contributed by atoms with van der Waals surface area (Å²) in [5.74, 6) is -1.76. The Balaban J connectivity index is 2.12. The smallest absolute Gasteiger partial charge is 0.308 e. The molecular weight excluding hydrogens is 290 g/mol. The second kappa shape index (κ2) is 6.48. The summed E-state index contributed by atoms with van der Waals surface area (Å²) in [6.45, 7) is 3.74. The molecule has 2 atom stereocenters. The van der Waals surface area contributed by atoms with E-state index in [9.17, 15) is 9.59 Å². The van der Waals surface area contributed by atoms with Gasteiger partial charge in [0.05, 0.1) is 11.8 Å². The molecule has 0 heterocycles. The van der Waals surface area contributed by atoms with Crippen LogP contribution in [-0.4, -0.2) is 34.5 Å². The number of carbonyl (C=O) groups excluding carboxylic acids is 1. The first-order valence-electron chi connectivity index (χ1n) is 7.19. The minimum absolute atomic E-state index is 0.0205. The van der Waals surface area contributed by atoms with Crippen molar-refractivity contribution >= 4 is 23.5 Å². The number of carbonyl (C=O) groups is 2. The lowest BCUT2D eigenvalue weighted by Crippen LogP contribution is -2.40. The zero-order chi connectivity index (χ0) is 15.6. The third-order valence-electron chi connectivity index (χ3n) is 3.88. The number of rotatable bonds is 6. The lowest BCUT2D eigenvalue weighted by atomic mass is 9.99. The molecule has 0 radical (unpaired) electrons. The molecule has 1 aromatic carbocycles. The van der Waals surface area contributed by atoms with Gasteiger partial charge < -0.3 is 10.0 Å². The first-order chi connectivity index (χ1) is 9.90. The van der Waals surface area contributed by atoms with Gasteiger partial charge in [-0.1, -0.05) is 30.7 Å². The molecule has 1 aliphatic carbocycles. The highest BCUT2D eigenvalue weighted by Crippen LogP contribution is 2.31. The molecule has 2 unspecified atom stereocenters. The van der Waals surface area contributed by atoms with Gasteiger partial charge in [-0.3, -0.25) is 9.59 Å². The van der Waals surface area contributed by atoms with E-state index < -0.39 is 11.9 Å². The van der Waals surface area contributed by atoms with Crippen LogP contribution in [0, 0.1) is 5.92 Å². The molecule has 5 heteroatoms. The van der Waals surface area contributed by atoms with Crippen LogP contribution in [0.25, 0.3) is 0 Å². The molecule has 0 spiro atoms. The SMILES string of the molecule is CC(CN(C(=O)C(C)c1cccc(Cl)c1)C1CC1)C(=O)O. The quantitative estimate of drug-likeness (QED) is 0.878. The Morgan fingerprint density at radius 2 is 2.05 bits per heavy atom. The summed E-state index contributed by atoms with van der Waals surface area (Å²) in [7, 11) is 0. The monoisotopic (exact) mass is 309 g/mol. The average molecular weight is 310 g/mol. The number of aliphatic carboxylic acids is 1. The Bertz CT molecular complexity index is 542. The van der Waals surface area contributed by atoms with Crippen molar-refractivity contribution in [1.82, 2.24) is 4.90 Å². The van der Waals surface area contributed by atoms with Crippen molar-refractivity contribution in [3.8, 4) is 0 Å². The van der Waals surface area contributed by atoms with Crippen LogP contribution < -0.4 is 0 Å². The van der Waals surface area contributed by atoms with Crippen LogP contribution in [0.2, 0.25) is 5.02 Å². The Hall–Kier alpha value is -1.55. The average Bonchev–Trinajstić information content (AvgIpc) is 3.27. The molecule has 1 amide bonds. The summed E-state index contributed by atoms with van der Waals surface area (Å²) in [5, 5.41) is 9.65. The summed E-state index contributed by atoms with van der Waals surface area (Å²) in [5.41, 5.74) is 0.862. The van der Waals surface area contributed by atoms with Gasteiger partial charge in [-0.15, -0.1) is 0 Å². The van der Waals surface area contributed by atoms with Crippen molar-refractivity contribution in [2.24, 2.45) is 5.92 Å². The zero-order valence-electron chi connectivity index (χ0n) is 12.3. The molecule has 0 aromatic heterocycles. The van der Waals surface area contributed by atoms with Crippen molar-refractivity contribution in [1.29, 1.82) is 0 Å². The van der Waals surface area contributed by atoms with Crippen molar-refractivity contribution in [3.63, 3.8) is 0 Å². The maximum atomic E-state index is 12.7.